The molecule has 3 unspecified atom stereocenters. The molecule has 14 heavy (non-hydrogen) atoms. The Morgan fingerprint density at radius 3 is 2.36 bits per heavy atom. The first-order valence-electron chi connectivity index (χ1n) is 6.45. The first kappa shape index (κ1) is 10.5. The van der Waals surface area contributed by atoms with Crippen LogP contribution in [-0.2, 0) is 0 Å². The van der Waals surface area contributed by atoms with E-state index in [1.807, 2.05) is 0 Å². The molecule has 0 aromatic heterocycles. The molecule has 2 fully saturated rings. The van der Waals surface area contributed by atoms with Crippen LogP contribution < -0.4 is 0 Å². The highest BCUT2D eigenvalue weighted by Gasteiger charge is 2.32. The third kappa shape index (κ3) is 2.31. The maximum Gasteiger partial charge on any atom is 0.0543 e. The van der Waals surface area contributed by atoms with E-state index >= 15 is 0 Å². The number of hydrogen-bond acceptors (Lipinski definition) is 1. The maximum absolute atomic E-state index is 9.73. The zero-order chi connectivity index (χ0) is 9.97. The van der Waals surface area contributed by atoms with E-state index in [1.54, 1.807) is 0 Å². The summed E-state index contributed by atoms with van der Waals surface area (Å²) in [7, 11) is 0. The molecule has 0 heterocycles. The predicted octanol–water partition coefficient (Wildman–Crippen LogP) is 3.36. The van der Waals surface area contributed by atoms with Crippen molar-refractivity contribution in [3.63, 3.8) is 0 Å². The quantitative estimate of drug-likeness (QED) is 0.682. The van der Waals surface area contributed by atoms with Crippen molar-refractivity contribution < 1.29 is 5.11 Å². The van der Waals surface area contributed by atoms with Gasteiger partial charge in [-0.3, -0.25) is 0 Å². The Morgan fingerprint density at radius 2 is 1.64 bits per heavy atom. The smallest absolute Gasteiger partial charge is 0.0543 e. The van der Waals surface area contributed by atoms with Gasteiger partial charge >= 0.3 is 0 Å². The minimum absolute atomic E-state index is 0.0122. The molecule has 0 aromatic carbocycles. The molecule has 2 aliphatic rings. The SMILES string of the molecule is CC1CCC(O)CC1C1CCCCC1. The summed E-state index contributed by atoms with van der Waals surface area (Å²) in [6.45, 7) is 2.39. The summed E-state index contributed by atoms with van der Waals surface area (Å²) in [4.78, 5) is 0. The topological polar surface area (TPSA) is 20.2 Å². The summed E-state index contributed by atoms with van der Waals surface area (Å²) < 4.78 is 0. The molecule has 0 aliphatic heterocycles. The second kappa shape index (κ2) is 4.65. The molecule has 82 valence electrons. The van der Waals surface area contributed by atoms with Gasteiger partial charge in [0.15, 0.2) is 0 Å². The van der Waals surface area contributed by atoms with E-state index in [-0.39, 0.29) is 6.10 Å². The Bertz CT molecular complexity index is 172. The molecule has 1 N–H and O–H groups in total. The van der Waals surface area contributed by atoms with Crippen molar-refractivity contribution in [3.05, 3.63) is 0 Å². The van der Waals surface area contributed by atoms with Crippen LogP contribution in [0.5, 0.6) is 0 Å². The first-order valence-corrected chi connectivity index (χ1v) is 6.45. The molecule has 2 rings (SSSR count). The van der Waals surface area contributed by atoms with Crippen LogP contribution in [0, 0.1) is 17.8 Å². The largest absolute Gasteiger partial charge is 0.393 e. The Labute approximate surface area is 87.9 Å². The molecule has 2 saturated carbocycles. The van der Waals surface area contributed by atoms with Gasteiger partial charge in [-0.15, -0.1) is 0 Å². The Morgan fingerprint density at radius 1 is 0.929 bits per heavy atom. The number of rotatable bonds is 1. The molecule has 0 spiro atoms. The van der Waals surface area contributed by atoms with Crippen molar-refractivity contribution in [1.29, 1.82) is 0 Å². The first-order chi connectivity index (χ1) is 6.77. The lowest BCUT2D eigenvalue weighted by Crippen LogP contribution is -2.32. The van der Waals surface area contributed by atoms with Gasteiger partial charge in [0.25, 0.3) is 0 Å². The molecule has 0 radical (unpaired) electrons. The molecular weight excluding hydrogens is 172 g/mol. The highest BCUT2D eigenvalue weighted by Crippen LogP contribution is 2.41. The van der Waals surface area contributed by atoms with Gasteiger partial charge in [-0.25, -0.2) is 0 Å². The molecule has 0 saturated heterocycles. The number of hydrogen-bond donors (Lipinski definition) is 1. The lowest BCUT2D eigenvalue weighted by molar-refractivity contribution is 0.0384. The van der Waals surface area contributed by atoms with Crippen LogP contribution in [0.3, 0.4) is 0 Å². The predicted molar refractivity (Wildman–Crippen MR) is 59.1 cm³/mol. The Kier molecular flexibility index (Phi) is 3.48. The summed E-state index contributed by atoms with van der Waals surface area (Å²) >= 11 is 0. The average molecular weight is 196 g/mol. The molecule has 0 amide bonds. The van der Waals surface area contributed by atoms with Gasteiger partial charge in [0.05, 0.1) is 6.10 Å². The van der Waals surface area contributed by atoms with Crippen molar-refractivity contribution in [1.82, 2.24) is 0 Å². The summed E-state index contributed by atoms with van der Waals surface area (Å²) in [5, 5.41) is 9.73. The van der Waals surface area contributed by atoms with Gasteiger partial charge in [0.1, 0.15) is 0 Å². The Hall–Kier alpha value is -0.0400. The van der Waals surface area contributed by atoms with E-state index in [4.69, 9.17) is 0 Å². The zero-order valence-electron chi connectivity index (χ0n) is 9.41. The minimum Gasteiger partial charge on any atom is -0.393 e. The van der Waals surface area contributed by atoms with E-state index in [0.29, 0.717) is 0 Å². The second-order valence-electron chi connectivity index (χ2n) is 5.51. The standard InChI is InChI=1S/C13H24O/c1-10-7-8-12(14)9-13(10)11-5-3-2-4-6-11/h10-14H,2-9H2,1H3. The third-order valence-corrected chi connectivity index (χ3v) is 4.49. The van der Waals surface area contributed by atoms with Crippen molar-refractivity contribution in [2.45, 2.75) is 64.4 Å². The average Bonchev–Trinajstić information content (AvgIpc) is 2.23. The lowest BCUT2D eigenvalue weighted by Gasteiger charge is -2.39. The van der Waals surface area contributed by atoms with Gasteiger partial charge < -0.3 is 5.11 Å². The zero-order valence-corrected chi connectivity index (χ0v) is 9.41. The van der Waals surface area contributed by atoms with Crippen molar-refractivity contribution in [3.8, 4) is 0 Å². The van der Waals surface area contributed by atoms with Gasteiger partial charge in [0.2, 0.25) is 0 Å². The van der Waals surface area contributed by atoms with Crippen LogP contribution in [0.15, 0.2) is 0 Å². The summed E-state index contributed by atoms with van der Waals surface area (Å²) in [6.07, 6.45) is 10.6. The van der Waals surface area contributed by atoms with Gasteiger partial charge in [0, 0.05) is 0 Å². The summed E-state index contributed by atoms with van der Waals surface area (Å²) in [5.41, 5.74) is 0. The fraction of sp³-hybridized carbons (Fsp3) is 1.00. The fourth-order valence-corrected chi connectivity index (χ4v) is 3.55. The van der Waals surface area contributed by atoms with Gasteiger partial charge in [-0.2, -0.15) is 0 Å². The number of aliphatic hydroxyl groups excluding tert-OH is 1. The van der Waals surface area contributed by atoms with Crippen LogP contribution in [0.4, 0.5) is 0 Å². The number of aliphatic hydroxyl groups is 1. The molecule has 0 bridgehead atoms. The molecule has 3 atom stereocenters. The summed E-state index contributed by atoms with van der Waals surface area (Å²) in [6, 6.07) is 0. The minimum atomic E-state index is 0.0122. The summed E-state index contributed by atoms with van der Waals surface area (Å²) in [5.74, 6) is 2.63. The molecule has 1 heteroatoms. The monoisotopic (exact) mass is 196 g/mol. The second-order valence-corrected chi connectivity index (χ2v) is 5.51. The van der Waals surface area contributed by atoms with Crippen LogP contribution >= 0.6 is 0 Å². The van der Waals surface area contributed by atoms with Crippen molar-refractivity contribution in [2.75, 3.05) is 0 Å². The molecule has 0 aromatic rings. The molecule has 2 aliphatic carbocycles. The lowest BCUT2D eigenvalue weighted by atomic mass is 9.68. The normalized spacial score (nSPS) is 41.1. The fourth-order valence-electron chi connectivity index (χ4n) is 3.55. The Balaban J connectivity index is 1.92. The van der Waals surface area contributed by atoms with Gasteiger partial charge in [-0.05, 0) is 37.0 Å². The van der Waals surface area contributed by atoms with E-state index < -0.39 is 0 Å². The van der Waals surface area contributed by atoms with E-state index in [1.165, 1.54) is 38.5 Å². The van der Waals surface area contributed by atoms with E-state index in [9.17, 15) is 5.11 Å². The van der Waals surface area contributed by atoms with Crippen LogP contribution in [0.1, 0.15) is 58.3 Å². The molecule has 1 nitrogen and oxygen atoms in total. The van der Waals surface area contributed by atoms with Crippen LogP contribution in [-0.4, -0.2) is 11.2 Å². The van der Waals surface area contributed by atoms with Crippen LogP contribution in [0.2, 0.25) is 0 Å². The highest BCUT2D eigenvalue weighted by atomic mass is 16.3. The van der Waals surface area contributed by atoms with E-state index in [0.717, 1.165) is 30.6 Å². The van der Waals surface area contributed by atoms with Crippen molar-refractivity contribution >= 4 is 0 Å². The van der Waals surface area contributed by atoms with E-state index in [2.05, 4.69) is 6.92 Å². The van der Waals surface area contributed by atoms with Crippen LogP contribution in [0.25, 0.3) is 0 Å². The molecular formula is C13H24O. The highest BCUT2D eigenvalue weighted by molar-refractivity contribution is 4.83. The van der Waals surface area contributed by atoms with Gasteiger partial charge in [-0.1, -0.05) is 39.0 Å². The third-order valence-electron chi connectivity index (χ3n) is 4.49. The maximum atomic E-state index is 9.73. The van der Waals surface area contributed by atoms with Crippen molar-refractivity contribution in [2.24, 2.45) is 17.8 Å².